The van der Waals surface area contributed by atoms with Crippen molar-refractivity contribution < 1.29 is 9.18 Å². The molecule has 4 nitrogen and oxygen atoms in total. The van der Waals surface area contributed by atoms with Gasteiger partial charge in [0.25, 0.3) is 0 Å². The number of para-hydroxylation sites is 1. The van der Waals surface area contributed by atoms with E-state index in [-0.39, 0.29) is 11.7 Å². The number of piperazine rings is 1. The third-order valence-electron chi connectivity index (χ3n) is 5.45. The van der Waals surface area contributed by atoms with Crippen LogP contribution in [0.2, 0.25) is 0 Å². The Morgan fingerprint density at radius 3 is 2.54 bits per heavy atom. The van der Waals surface area contributed by atoms with Crippen LogP contribution >= 0.6 is 0 Å². The monoisotopic (exact) mass is 353 g/mol. The number of fused-ring (bicyclic) bond motifs is 1. The number of hydrogen-bond donors (Lipinski definition) is 0. The van der Waals surface area contributed by atoms with Crippen LogP contribution in [0.3, 0.4) is 0 Å². The van der Waals surface area contributed by atoms with Crippen LogP contribution in [0.25, 0.3) is 0 Å². The van der Waals surface area contributed by atoms with E-state index in [1.165, 1.54) is 11.3 Å². The van der Waals surface area contributed by atoms with Crippen LogP contribution in [-0.2, 0) is 17.8 Å². The molecule has 1 amide bonds. The minimum absolute atomic E-state index is 0.152. The Hall–Kier alpha value is -2.56. The fraction of sp³-hybridized carbons (Fsp3) is 0.381. The summed E-state index contributed by atoms with van der Waals surface area (Å²) in [5.41, 5.74) is 4.76. The molecule has 0 atom stereocenters. The molecule has 2 aliphatic heterocycles. The van der Waals surface area contributed by atoms with Crippen molar-refractivity contribution >= 4 is 17.3 Å². The van der Waals surface area contributed by atoms with E-state index in [2.05, 4.69) is 34.1 Å². The van der Waals surface area contributed by atoms with Gasteiger partial charge in [0.05, 0.1) is 0 Å². The lowest BCUT2D eigenvalue weighted by Crippen LogP contribution is -2.48. The molecule has 0 unspecified atom stereocenters. The molecule has 2 heterocycles. The second kappa shape index (κ2) is 6.98. The molecule has 0 N–H and O–H groups in total. The van der Waals surface area contributed by atoms with Crippen molar-refractivity contribution in [2.24, 2.45) is 0 Å². The van der Waals surface area contributed by atoms with Gasteiger partial charge in [-0.25, -0.2) is 4.39 Å². The van der Waals surface area contributed by atoms with Gasteiger partial charge in [0.2, 0.25) is 5.91 Å². The lowest BCUT2D eigenvalue weighted by atomic mass is 10.1. The maximum Gasteiger partial charge on any atom is 0.219 e. The van der Waals surface area contributed by atoms with Gasteiger partial charge in [-0.2, -0.15) is 0 Å². The van der Waals surface area contributed by atoms with E-state index >= 15 is 0 Å². The summed E-state index contributed by atoms with van der Waals surface area (Å²) in [5, 5.41) is 0. The molecular formula is C21H24FN3O. The summed E-state index contributed by atoms with van der Waals surface area (Å²) < 4.78 is 13.5. The number of amides is 1. The number of benzene rings is 2. The lowest BCUT2D eigenvalue weighted by Gasteiger charge is -2.37. The first-order valence-electron chi connectivity index (χ1n) is 9.23. The minimum Gasteiger partial charge on any atom is -0.368 e. The van der Waals surface area contributed by atoms with E-state index in [0.29, 0.717) is 0 Å². The Bertz CT molecular complexity index is 815. The second-order valence-corrected chi connectivity index (χ2v) is 7.07. The minimum atomic E-state index is -0.158. The van der Waals surface area contributed by atoms with Gasteiger partial charge in [0.15, 0.2) is 0 Å². The number of nitrogens with zero attached hydrogens (tertiary/aromatic N) is 3. The van der Waals surface area contributed by atoms with E-state index in [1.807, 2.05) is 11.0 Å². The smallest absolute Gasteiger partial charge is 0.219 e. The van der Waals surface area contributed by atoms with Crippen LogP contribution in [-0.4, -0.2) is 43.5 Å². The number of halogens is 1. The largest absolute Gasteiger partial charge is 0.368 e. The molecule has 2 aromatic rings. The first kappa shape index (κ1) is 16.9. The third-order valence-corrected chi connectivity index (χ3v) is 5.45. The average Bonchev–Trinajstić information content (AvgIpc) is 3.04. The van der Waals surface area contributed by atoms with Gasteiger partial charge >= 0.3 is 0 Å². The van der Waals surface area contributed by atoms with Crippen LogP contribution in [0.1, 0.15) is 18.1 Å². The highest BCUT2D eigenvalue weighted by atomic mass is 19.1. The third kappa shape index (κ3) is 3.26. The Morgan fingerprint density at radius 1 is 1.00 bits per heavy atom. The quantitative estimate of drug-likeness (QED) is 0.849. The maximum atomic E-state index is 13.5. The lowest BCUT2D eigenvalue weighted by molar-refractivity contribution is -0.129. The molecule has 26 heavy (non-hydrogen) atoms. The number of hydrogen-bond acceptors (Lipinski definition) is 3. The second-order valence-electron chi connectivity index (χ2n) is 7.07. The normalized spacial score (nSPS) is 16.8. The first-order valence-corrected chi connectivity index (χ1v) is 9.23. The van der Waals surface area contributed by atoms with Gasteiger partial charge in [-0.3, -0.25) is 4.79 Å². The standard InChI is InChI=1S/C21H24FN3O/c1-16(26)23-10-12-24(13-11-23)20-5-3-2-4-18(20)15-25-9-8-17-14-19(22)6-7-21(17)25/h2-7,14H,8-13,15H2,1H3. The Balaban J connectivity index is 1.52. The predicted molar refractivity (Wildman–Crippen MR) is 102 cm³/mol. The van der Waals surface area contributed by atoms with Gasteiger partial charge in [0, 0.05) is 57.6 Å². The zero-order valence-electron chi connectivity index (χ0n) is 15.1. The Kier molecular flexibility index (Phi) is 4.53. The molecule has 0 saturated carbocycles. The number of carbonyl (C=O) groups excluding carboxylic acids is 1. The van der Waals surface area contributed by atoms with Gasteiger partial charge in [-0.15, -0.1) is 0 Å². The molecular weight excluding hydrogens is 329 g/mol. The van der Waals surface area contributed by atoms with Crippen LogP contribution in [0.5, 0.6) is 0 Å². The summed E-state index contributed by atoms with van der Waals surface area (Å²) in [4.78, 5) is 18.2. The summed E-state index contributed by atoms with van der Waals surface area (Å²) in [6.45, 7) is 6.64. The van der Waals surface area contributed by atoms with E-state index in [0.717, 1.165) is 56.9 Å². The highest BCUT2D eigenvalue weighted by molar-refractivity contribution is 5.73. The summed E-state index contributed by atoms with van der Waals surface area (Å²) in [6, 6.07) is 13.6. The van der Waals surface area contributed by atoms with E-state index in [4.69, 9.17) is 0 Å². The molecule has 4 rings (SSSR count). The number of rotatable bonds is 3. The van der Waals surface area contributed by atoms with E-state index < -0.39 is 0 Å². The highest BCUT2D eigenvalue weighted by Crippen LogP contribution is 2.32. The molecule has 2 aromatic carbocycles. The summed E-state index contributed by atoms with van der Waals surface area (Å²) in [7, 11) is 0. The summed E-state index contributed by atoms with van der Waals surface area (Å²) >= 11 is 0. The number of anilines is 2. The molecule has 0 aliphatic carbocycles. The van der Waals surface area contributed by atoms with Gasteiger partial charge in [-0.05, 0) is 41.8 Å². The van der Waals surface area contributed by atoms with Crippen molar-refractivity contribution in [3.8, 4) is 0 Å². The Labute approximate surface area is 153 Å². The zero-order valence-corrected chi connectivity index (χ0v) is 15.1. The molecule has 0 radical (unpaired) electrons. The highest BCUT2D eigenvalue weighted by Gasteiger charge is 2.23. The molecule has 0 bridgehead atoms. The molecule has 1 fully saturated rings. The molecule has 0 aromatic heterocycles. The topological polar surface area (TPSA) is 26.8 Å². The van der Waals surface area contributed by atoms with Gasteiger partial charge < -0.3 is 14.7 Å². The van der Waals surface area contributed by atoms with Crippen molar-refractivity contribution in [2.45, 2.75) is 19.9 Å². The van der Waals surface area contributed by atoms with E-state index in [9.17, 15) is 9.18 Å². The molecule has 2 aliphatic rings. The molecule has 5 heteroatoms. The zero-order chi connectivity index (χ0) is 18.1. The van der Waals surface area contributed by atoms with Crippen LogP contribution < -0.4 is 9.80 Å². The maximum absolute atomic E-state index is 13.5. The van der Waals surface area contributed by atoms with Crippen molar-refractivity contribution in [2.75, 3.05) is 42.5 Å². The fourth-order valence-electron chi connectivity index (χ4n) is 4.02. The molecule has 0 spiro atoms. The fourth-order valence-corrected chi connectivity index (χ4v) is 4.02. The summed E-state index contributed by atoms with van der Waals surface area (Å²) in [5.74, 6) is -0.00631. The van der Waals surface area contributed by atoms with Crippen molar-refractivity contribution in [3.63, 3.8) is 0 Å². The van der Waals surface area contributed by atoms with Crippen molar-refractivity contribution in [3.05, 3.63) is 59.4 Å². The van der Waals surface area contributed by atoms with Gasteiger partial charge in [-0.1, -0.05) is 18.2 Å². The van der Waals surface area contributed by atoms with Crippen molar-refractivity contribution in [1.29, 1.82) is 0 Å². The van der Waals surface area contributed by atoms with Crippen LogP contribution in [0.4, 0.5) is 15.8 Å². The molecule has 1 saturated heterocycles. The molecule has 136 valence electrons. The SMILES string of the molecule is CC(=O)N1CCN(c2ccccc2CN2CCc3cc(F)ccc32)CC1. The van der Waals surface area contributed by atoms with Crippen molar-refractivity contribution in [1.82, 2.24) is 4.90 Å². The van der Waals surface area contributed by atoms with E-state index in [1.54, 1.807) is 19.1 Å². The van der Waals surface area contributed by atoms with Crippen LogP contribution in [0, 0.1) is 5.82 Å². The predicted octanol–water partition coefficient (Wildman–Crippen LogP) is 3.06. The number of carbonyl (C=O) groups is 1. The summed E-state index contributed by atoms with van der Waals surface area (Å²) in [6.07, 6.45) is 0.895. The van der Waals surface area contributed by atoms with Crippen LogP contribution in [0.15, 0.2) is 42.5 Å². The Morgan fingerprint density at radius 2 is 1.77 bits per heavy atom. The first-order chi connectivity index (χ1) is 12.6. The average molecular weight is 353 g/mol. The van der Waals surface area contributed by atoms with Gasteiger partial charge in [0.1, 0.15) is 5.82 Å².